The number of carbonyl (C=O) groups excluding carboxylic acids is 1. The lowest BCUT2D eigenvalue weighted by Gasteiger charge is -2.17. The van der Waals surface area contributed by atoms with Gasteiger partial charge in [-0.1, -0.05) is 55.5 Å². The Labute approximate surface area is 146 Å². The van der Waals surface area contributed by atoms with Crippen LogP contribution in [0.2, 0.25) is 0 Å². The molecule has 124 valence electrons. The SMILES string of the molecule is CCC(C(=O)NCC(O)c1csc2ccccc12)c1ccccc1. The van der Waals surface area contributed by atoms with Crippen molar-refractivity contribution in [3.8, 4) is 0 Å². The second-order valence-electron chi connectivity index (χ2n) is 5.82. The highest BCUT2D eigenvalue weighted by Gasteiger charge is 2.20. The van der Waals surface area contributed by atoms with E-state index in [1.165, 1.54) is 0 Å². The molecule has 3 aromatic rings. The minimum atomic E-state index is -0.696. The van der Waals surface area contributed by atoms with Crippen molar-refractivity contribution >= 4 is 27.3 Å². The summed E-state index contributed by atoms with van der Waals surface area (Å²) in [6, 6.07) is 17.8. The fourth-order valence-electron chi connectivity index (χ4n) is 2.94. The maximum absolute atomic E-state index is 12.5. The Morgan fingerprint density at radius 2 is 1.83 bits per heavy atom. The molecule has 4 heteroatoms. The maximum atomic E-state index is 12.5. The molecule has 3 nitrogen and oxygen atoms in total. The van der Waals surface area contributed by atoms with Crippen LogP contribution in [0.3, 0.4) is 0 Å². The molecule has 1 amide bonds. The molecule has 2 unspecified atom stereocenters. The van der Waals surface area contributed by atoms with Gasteiger partial charge in [-0.25, -0.2) is 0 Å². The minimum absolute atomic E-state index is 0.0396. The maximum Gasteiger partial charge on any atom is 0.227 e. The number of fused-ring (bicyclic) bond motifs is 1. The first-order valence-corrected chi connectivity index (χ1v) is 9.05. The van der Waals surface area contributed by atoms with E-state index in [1.54, 1.807) is 11.3 Å². The van der Waals surface area contributed by atoms with Crippen LogP contribution in [-0.2, 0) is 4.79 Å². The normalized spacial score (nSPS) is 13.6. The zero-order valence-electron chi connectivity index (χ0n) is 13.6. The summed E-state index contributed by atoms with van der Waals surface area (Å²) >= 11 is 1.61. The summed E-state index contributed by atoms with van der Waals surface area (Å²) in [5, 5.41) is 16.4. The summed E-state index contributed by atoms with van der Waals surface area (Å²) in [6.45, 7) is 2.23. The van der Waals surface area contributed by atoms with Gasteiger partial charge in [0.15, 0.2) is 0 Å². The molecular weight excluding hydrogens is 318 g/mol. The van der Waals surface area contributed by atoms with E-state index in [-0.39, 0.29) is 18.4 Å². The van der Waals surface area contributed by atoms with Crippen LogP contribution < -0.4 is 5.32 Å². The molecule has 24 heavy (non-hydrogen) atoms. The van der Waals surface area contributed by atoms with Crippen LogP contribution in [0.1, 0.15) is 36.5 Å². The number of hydrogen-bond donors (Lipinski definition) is 2. The van der Waals surface area contributed by atoms with Gasteiger partial charge in [-0.05, 0) is 28.8 Å². The van der Waals surface area contributed by atoms with Gasteiger partial charge in [0.25, 0.3) is 0 Å². The number of amides is 1. The van der Waals surface area contributed by atoms with Crippen LogP contribution in [0.15, 0.2) is 60.0 Å². The zero-order chi connectivity index (χ0) is 16.9. The molecule has 2 aromatic carbocycles. The van der Waals surface area contributed by atoms with Crippen LogP contribution in [0.4, 0.5) is 0 Å². The quantitative estimate of drug-likeness (QED) is 0.705. The molecule has 2 atom stereocenters. The number of thiophene rings is 1. The number of carbonyl (C=O) groups is 1. The molecule has 2 N–H and O–H groups in total. The summed E-state index contributed by atoms with van der Waals surface area (Å²) in [5.74, 6) is -0.222. The smallest absolute Gasteiger partial charge is 0.227 e. The number of aliphatic hydroxyl groups is 1. The van der Waals surface area contributed by atoms with Crippen molar-refractivity contribution in [1.82, 2.24) is 5.32 Å². The average molecular weight is 339 g/mol. The van der Waals surface area contributed by atoms with E-state index in [2.05, 4.69) is 5.32 Å². The third-order valence-electron chi connectivity index (χ3n) is 4.27. The van der Waals surface area contributed by atoms with Crippen molar-refractivity contribution in [2.45, 2.75) is 25.4 Å². The highest BCUT2D eigenvalue weighted by molar-refractivity contribution is 7.17. The van der Waals surface area contributed by atoms with Gasteiger partial charge in [0, 0.05) is 16.8 Å². The lowest BCUT2D eigenvalue weighted by atomic mass is 9.95. The van der Waals surface area contributed by atoms with Gasteiger partial charge in [-0.3, -0.25) is 4.79 Å². The number of benzene rings is 2. The summed E-state index contributed by atoms with van der Waals surface area (Å²) in [7, 11) is 0. The van der Waals surface area contributed by atoms with Gasteiger partial charge in [0.05, 0.1) is 12.0 Å². The Balaban J connectivity index is 1.67. The first kappa shape index (κ1) is 16.7. The van der Waals surface area contributed by atoms with Crippen molar-refractivity contribution in [2.75, 3.05) is 6.54 Å². The molecule has 0 fully saturated rings. The Bertz CT molecular complexity index is 813. The molecule has 1 heterocycles. The van der Waals surface area contributed by atoms with Gasteiger partial charge in [0.2, 0.25) is 5.91 Å². The van der Waals surface area contributed by atoms with Crippen LogP contribution in [0.5, 0.6) is 0 Å². The summed E-state index contributed by atoms with van der Waals surface area (Å²) < 4.78 is 1.15. The number of hydrogen-bond acceptors (Lipinski definition) is 3. The van der Waals surface area contributed by atoms with Crippen molar-refractivity contribution in [3.63, 3.8) is 0 Å². The Kier molecular flexibility index (Phi) is 5.28. The molecular formula is C20H21NO2S. The van der Waals surface area contributed by atoms with Gasteiger partial charge >= 0.3 is 0 Å². The van der Waals surface area contributed by atoms with Crippen LogP contribution in [0.25, 0.3) is 10.1 Å². The number of nitrogens with one attached hydrogen (secondary N) is 1. The molecule has 0 aliphatic carbocycles. The molecule has 1 aromatic heterocycles. The Morgan fingerprint density at radius 3 is 2.58 bits per heavy atom. The fourth-order valence-corrected chi connectivity index (χ4v) is 3.95. The average Bonchev–Trinajstić information content (AvgIpc) is 3.05. The highest BCUT2D eigenvalue weighted by Crippen LogP contribution is 2.30. The van der Waals surface area contributed by atoms with Crippen molar-refractivity contribution in [1.29, 1.82) is 0 Å². The van der Waals surface area contributed by atoms with Crippen LogP contribution >= 0.6 is 11.3 Å². The molecule has 0 saturated carbocycles. The second kappa shape index (κ2) is 7.60. The molecule has 0 aliphatic heterocycles. The fraction of sp³-hybridized carbons (Fsp3) is 0.250. The molecule has 0 aliphatic rings. The highest BCUT2D eigenvalue weighted by atomic mass is 32.1. The van der Waals surface area contributed by atoms with E-state index in [9.17, 15) is 9.90 Å². The van der Waals surface area contributed by atoms with E-state index in [4.69, 9.17) is 0 Å². The van der Waals surface area contributed by atoms with Crippen LogP contribution in [0, 0.1) is 0 Å². The van der Waals surface area contributed by atoms with E-state index in [1.807, 2.05) is 66.9 Å². The third kappa shape index (κ3) is 3.50. The molecule has 0 bridgehead atoms. The monoisotopic (exact) mass is 339 g/mol. The van der Waals surface area contributed by atoms with Gasteiger partial charge in [-0.15, -0.1) is 11.3 Å². The molecule has 0 spiro atoms. The van der Waals surface area contributed by atoms with Crippen LogP contribution in [-0.4, -0.2) is 17.6 Å². The number of aliphatic hydroxyl groups excluding tert-OH is 1. The zero-order valence-corrected chi connectivity index (χ0v) is 14.4. The Morgan fingerprint density at radius 1 is 1.12 bits per heavy atom. The summed E-state index contributed by atoms with van der Waals surface area (Å²) in [4.78, 5) is 12.5. The topological polar surface area (TPSA) is 49.3 Å². The first-order chi connectivity index (χ1) is 11.7. The largest absolute Gasteiger partial charge is 0.387 e. The minimum Gasteiger partial charge on any atom is -0.387 e. The molecule has 0 saturated heterocycles. The summed E-state index contributed by atoms with van der Waals surface area (Å²) in [6.07, 6.45) is 0.0335. The molecule has 3 rings (SSSR count). The van der Waals surface area contributed by atoms with Crippen molar-refractivity contribution in [3.05, 3.63) is 71.1 Å². The van der Waals surface area contributed by atoms with Crippen molar-refractivity contribution < 1.29 is 9.90 Å². The summed E-state index contributed by atoms with van der Waals surface area (Å²) in [5.41, 5.74) is 1.89. The second-order valence-corrected chi connectivity index (χ2v) is 6.73. The predicted molar refractivity (Wildman–Crippen MR) is 99.3 cm³/mol. The lowest BCUT2D eigenvalue weighted by molar-refractivity contribution is -0.123. The van der Waals surface area contributed by atoms with E-state index < -0.39 is 6.10 Å². The standard InChI is InChI=1S/C20H21NO2S/c1-2-15(14-8-4-3-5-9-14)20(23)21-12-18(22)17-13-24-19-11-7-6-10-16(17)19/h3-11,13,15,18,22H,2,12H2,1H3,(H,21,23). The lowest BCUT2D eigenvalue weighted by Crippen LogP contribution is -2.32. The van der Waals surface area contributed by atoms with E-state index in [0.717, 1.165) is 27.6 Å². The van der Waals surface area contributed by atoms with Gasteiger partial charge in [0.1, 0.15) is 0 Å². The first-order valence-electron chi connectivity index (χ1n) is 8.17. The van der Waals surface area contributed by atoms with E-state index >= 15 is 0 Å². The van der Waals surface area contributed by atoms with Crippen molar-refractivity contribution in [2.24, 2.45) is 0 Å². The van der Waals surface area contributed by atoms with Gasteiger partial charge in [-0.2, -0.15) is 0 Å². The predicted octanol–water partition coefficient (Wildman–Crippen LogP) is 4.24. The Hall–Kier alpha value is -2.17. The molecule has 0 radical (unpaired) electrons. The third-order valence-corrected chi connectivity index (χ3v) is 5.25. The van der Waals surface area contributed by atoms with Gasteiger partial charge < -0.3 is 10.4 Å². The van der Waals surface area contributed by atoms with E-state index in [0.29, 0.717) is 0 Å². The number of rotatable bonds is 6.